The summed E-state index contributed by atoms with van der Waals surface area (Å²) in [6.45, 7) is -2.06. The Morgan fingerprint density at radius 2 is 2.22 bits per heavy atom. The van der Waals surface area contributed by atoms with Gasteiger partial charge in [-0.1, -0.05) is 6.07 Å². The molecule has 8 heteroatoms. The molecule has 2 unspecified atom stereocenters. The molecule has 2 rings (SSSR count). The molecular formula is C15H21ClF2N2O3. The number of alkyl halides is 2. The van der Waals surface area contributed by atoms with Gasteiger partial charge >= 0.3 is 6.61 Å². The molecule has 1 amide bonds. The van der Waals surface area contributed by atoms with Gasteiger partial charge in [0.05, 0.1) is 6.10 Å². The Kier molecular flexibility index (Phi) is 7.67. The molecule has 1 saturated heterocycles. The van der Waals surface area contributed by atoms with Crippen LogP contribution >= 0.6 is 12.4 Å². The molecule has 5 nitrogen and oxygen atoms in total. The topological polar surface area (TPSA) is 64.8 Å². The normalized spacial score (nSPS) is 21.0. The van der Waals surface area contributed by atoms with Crippen LogP contribution < -0.4 is 10.5 Å². The molecule has 0 spiro atoms. The highest BCUT2D eigenvalue weighted by Gasteiger charge is 2.31. The average Bonchev–Trinajstić information content (AvgIpc) is 2.53. The van der Waals surface area contributed by atoms with Gasteiger partial charge in [-0.25, -0.2) is 0 Å². The van der Waals surface area contributed by atoms with Gasteiger partial charge in [-0.05, 0) is 31.0 Å². The van der Waals surface area contributed by atoms with Gasteiger partial charge in [-0.3, -0.25) is 4.79 Å². The van der Waals surface area contributed by atoms with Crippen LogP contribution in [0.1, 0.15) is 23.2 Å². The number of hydrogen-bond acceptors (Lipinski definition) is 4. The van der Waals surface area contributed by atoms with Crippen LogP contribution in [0, 0.1) is 0 Å². The summed E-state index contributed by atoms with van der Waals surface area (Å²) < 4.78 is 34.2. The Morgan fingerprint density at radius 1 is 1.48 bits per heavy atom. The zero-order chi connectivity index (χ0) is 16.1. The lowest BCUT2D eigenvalue weighted by atomic mass is 9.98. The smallest absolute Gasteiger partial charge is 0.387 e. The van der Waals surface area contributed by atoms with Crippen LogP contribution in [-0.4, -0.2) is 49.8 Å². The van der Waals surface area contributed by atoms with Gasteiger partial charge in [-0.2, -0.15) is 8.78 Å². The third kappa shape index (κ3) is 5.02. The van der Waals surface area contributed by atoms with Gasteiger partial charge in [0.25, 0.3) is 5.91 Å². The van der Waals surface area contributed by atoms with E-state index in [-0.39, 0.29) is 36.2 Å². The zero-order valence-electron chi connectivity index (χ0n) is 12.8. The van der Waals surface area contributed by atoms with Gasteiger partial charge < -0.3 is 20.1 Å². The van der Waals surface area contributed by atoms with E-state index < -0.39 is 6.61 Å². The first-order valence-corrected chi connectivity index (χ1v) is 7.13. The number of rotatable bonds is 5. The summed E-state index contributed by atoms with van der Waals surface area (Å²) in [4.78, 5) is 14.3. The molecule has 0 aliphatic carbocycles. The third-order valence-corrected chi connectivity index (χ3v) is 3.84. The summed E-state index contributed by atoms with van der Waals surface area (Å²) >= 11 is 0. The maximum Gasteiger partial charge on any atom is 0.387 e. The van der Waals surface area contributed by atoms with Gasteiger partial charge in [-0.15, -0.1) is 12.4 Å². The van der Waals surface area contributed by atoms with E-state index in [1.807, 2.05) is 0 Å². The zero-order valence-corrected chi connectivity index (χ0v) is 13.6. The van der Waals surface area contributed by atoms with Crippen LogP contribution in [0.2, 0.25) is 0 Å². The van der Waals surface area contributed by atoms with Crippen molar-refractivity contribution < 1.29 is 23.0 Å². The first-order valence-electron chi connectivity index (χ1n) is 7.13. The van der Waals surface area contributed by atoms with Crippen molar-refractivity contribution in [1.29, 1.82) is 0 Å². The fourth-order valence-corrected chi connectivity index (χ4v) is 2.69. The molecule has 1 aliphatic rings. The molecule has 0 radical (unpaired) electrons. The summed E-state index contributed by atoms with van der Waals surface area (Å²) in [5.74, 6) is -0.262. The van der Waals surface area contributed by atoms with E-state index in [2.05, 4.69) is 4.74 Å². The molecule has 1 heterocycles. The number of likely N-dealkylation sites (tertiary alicyclic amines) is 1. The molecule has 1 fully saturated rings. The molecule has 0 aromatic heterocycles. The second-order valence-electron chi connectivity index (χ2n) is 5.18. The highest BCUT2D eigenvalue weighted by molar-refractivity contribution is 5.95. The summed E-state index contributed by atoms with van der Waals surface area (Å²) in [5.41, 5.74) is 6.06. The largest absolute Gasteiger partial charge is 0.435 e. The van der Waals surface area contributed by atoms with Gasteiger partial charge in [0.15, 0.2) is 0 Å². The number of ether oxygens (including phenoxy) is 2. The number of carbonyl (C=O) groups excluding carboxylic acids is 1. The summed E-state index contributed by atoms with van der Waals surface area (Å²) in [5, 5.41) is 0. The number of halogens is 3. The van der Waals surface area contributed by atoms with Crippen molar-refractivity contribution in [2.45, 2.75) is 31.6 Å². The minimum absolute atomic E-state index is 0. The molecule has 1 aromatic rings. The van der Waals surface area contributed by atoms with Crippen molar-refractivity contribution in [1.82, 2.24) is 4.90 Å². The summed E-state index contributed by atoms with van der Waals surface area (Å²) in [6.07, 6.45) is 1.49. The van der Waals surface area contributed by atoms with Crippen LogP contribution in [0.5, 0.6) is 5.75 Å². The van der Waals surface area contributed by atoms with Crippen LogP contribution in [-0.2, 0) is 4.74 Å². The van der Waals surface area contributed by atoms with Crippen LogP contribution in [0.3, 0.4) is 0 Å². The maximum atomic E-state index is 12.6. The lowest BCUT2D eigenvalue weighted by Gasteiger charge is -2.38. The number of amides is 1. The van der Waals surface area contributed by atoms with Crippen LogP contribution in [0.4, 0.5) is 8.78 Å². The SMILES string of the molecule is COC1CCN(C(=O)c2cccc(OC(F)F)c2)C(CN)C1.Cl. The van der Waals surface area contributed by atoms with Crippen LogP contribution in [0.15, 0.2) is 24.3 Å². The minimum atomic E-state index is -2.92. The van der Waals surface area contributed by atoms with E-state index in [1.54, 1.807) is 18.1 Å². The van der Waals surface area contributed by atoms with E-state index in [9.17, 15) is 13.6 Å². The van der Waals surface area contributed by atoms with Crippen molar-refractivity contribution >= 4 is 18.3 Å². The highest BCUT2D eigenvalue weighted by Crippen LogP contribution is 2.23. The quantitative estimate of drug-likeness (QED) is 0.885. The first kappa shape index (κ1) is 19.6. The van der Waals surface area contributed by atoms with E-state index in [0.29, 0.717) is 25.1 Å². The van der Waals surface area contributed by atoms with E-state index in [0.717, 1.165) is 6.42 Å². The van der Waals surface area contributed by atoms with E-state index >= 15 is 0 Å². The first-order chi connectivity index (χ1) is 10.5. The average molecular weight is 351 g/mol. The lowest BCUT2D eigenvalue weighted by molar-refractivity contribution is -0.0499. The molecule has 23 heavy (non-hydrogen) atoms. The highest BCUT2D eigenvalue weighted by atomic mass is 35.5. The second kappa shape index (κ2) is 9.00. The molecule has 1 aliphatic heterocycles. The molecule has 1 aromatic carbocycles. The predicted molar refractivity (Wildman–Crippen MR) is 84.2 cm³/mol. The Bertz CT molecular complexity index is 519. The summed E-state index contributed by atoms with van der Waals surface area (Å²) in [7, 11) is 1.64. The van der Waals surface area contributed by atoms with Crippen molar-refractivity contribution in [3.63, 3.8) is 0 Å². The Labute approximate surface area is 140 Å². The van der Waals surface area contributed by atoms with Crippen molar-refractivity contribution in [3.8, 4) is 5.75 Å². The van der Waals surface area contributed by atoms with Crippen molar-refractivity contribution in [2.75, 3.05) is 20.2 Å². The molecular weight excluding hydrogens is 330 g/mol. The lowest BCUT2D eigenvalue weighted by Crippen LogP contribution is -2.51. The Balaban J connectivity index is 0.00000264. The predicted octanol–water partition coefficient (Wildman–Crippen LogP) is 2.29. The molecule has 0 saturated carbocycles. The van der Waals surface area contributed by atoms with Crippen LogP contribution in [0.25, 0.3) is 0 Å². The number of methoxy groups -OCH3 is 1. The Hall–Kier alpha value is -1.44. The number of nitrogens with two attached hydrogens (primary N) is 1. The van der Waals surface area contributed by atoms with Gasteiger partial charge in [0, 0.05) is 31.8 Å². The number of hydrogen-bond donors (Lipinski definition) is 1. The molecule has 2 N–H and O–H groups in total. The van der Waals surface area contributed by atoms with E-state index in [1.165, 1.54) is 18.2 Å². The Morgan fingerprint density at radius 3 is 2.83 bits per heavy atom. The molecule has 0 bridgehead atoms. The number of nitrogens with zero attached hydrogens (tertiary/aromatic N) is 1. The number of benzene rings is 1. The maximum absolute atomic E-state index is 12.6. The summed E-state index contributed by atoms with van der Waals surface area (Å²) in [6, 6.07) is 5.69. The molecule has 130 valence electrons. The van der Waals surface area contributed by atoms with E-state index in [4.69, 9.17) is 10.5 Å². The molecule has 2 atom stereocenters. The second-order valence-corrected chi connectivity index (χ2v) is 5.18. The fourth-order valence-electron chi connectivity index (χ4n) is 2.69. The monoisotopic (exact) mass is 350 g/mol. The van der Waals surface area contributed by atoms with Crippen molar-refractivity contribution in [2.24, 2.45) is 5.73 Å². The number of piperidine rings is 1. The van der Waals surface area contributed by atoms with Gasteiger partial charge in [0.2, 0.25) is 0 Å². The van der Waals surface area contributed by atoms with Crippen molar-refractivity contribution in [3.05, 3.63) is 29.8 Å². The fraction of sp³-hybridized carbons (Fsp3) is 0.533. The standard InChI is InChI=1S/C15H20F2N2O3.ClH/c1-21-12-5-6-19(11(8-12)9-18)14(20)10-3-2-4-13(7-10)22-15(16)17;/h2-4,7,11-12,15H,5-6,8-9,18H2,1H3;1H. The third-order valence-electron chi connectivity index (χ3n) is 3.84. The minimum Gasteiger partial charge on any atom is -0.435 e. The van der Waals surface area contributed by atoms with Gasteiger partial charge in [0.1, 0.15) is 5.75 Å². The number of carbonyl (C=O) groups is 1.